The lowest BCUT2D eigenvalue weighted by Gasteiger charge is -2.18. The predicted octanol–water partition coefficient (Wildman–Crippen LogP) is 3.51. The smallest absolute Gasteiger partial charge is 0.135 e. The summed E-state index contributed by atoms with van der Waals surface area (Å²) in [6, 6.07) is 11.2. The number of halogens is 2. The van der Waals surface area contributed by atoms with Crippen LogP contribution in [0.3, 0.4) is 0 Å². The molecule has 0 aliphatic carbocycles. The molecule has 2 rings (SSSR count). The van der Waals surface area contributed by atoms with Gasteiger partial charge in [0, 0.05) is 12.7 Å². The van der Waals surface area contributed by atoms with Gasteiger partial charge in [-0.3, -0.25) is 0 Å². The SMILES string of the molecule is CN(c1cccc(F)c1)c1cc(C#N)cc(Cl)n1. The number of benzene rings is 1. The van der Waals surface area contributed by atoms with Gasteiger partial charge in [0.25, 0.3) is 0 Å². The van der Waals surface area contributed by atoms with Gasteiger partial charge in [0.05, 0.1) is 11.6 Å². The first-order valence-corrected chi connectivity index (χ1v) is 5.55. The molecule has 0 fully saturated rings. The summed E-state index contributed by atoms with van der Waals surface area (Å²) >= 11 is 5.83. The van der Waals surface area contributed by atoms with Crippen LogP contribution in [0.25, 0.3) is 0 Å². The van der Waals surface area contributed by atoms with Gasteiger partial charge in [-0.1, -0.05) is 17.7 Å². The Balaban J connectivity index is 2.43. The van der Waals surface area contributed by atoms with E-state index in [0.717, 1.165) is 0 Å². The average Bonchev–Trinajstić information content (AvgIpc) is 2.37. The number of aromatic nitrogens is 1. The molecule has 0 aliphatic heterocycles. The highest BCUT2D eigenvalue weighted by Gasteiger charge is 2.08. The molecule has 18 heavy (non-hydrogen) atoms. The van der Waals surface area contributed by atoms with Crippen LogP contribution in [0.15, 0.2) is 36.4 Å². The van der Waals surface area contributed by atoms with Crippen LogP contribution >= 0.6 is 11.6 Å². The monoisotopic (exact) mass is 261 g/mol. The van der Waals surface area contributed by atoms with Gasteiger partial charge in [0.2, 0.25) is 0 Å². The number of anilines is 2. The Morgan fingerprint density at radius 3 is 2.78 bits per heavy atom. The van der Waals surface area contributed by atoms with Crippen molar-refractivity contribution in [1.29, 1.82) is 5.26 Å². The Kier molecular flexibility index (Phi) is 3.45. The zero-order chi connectivity index (χ0) is 13.1. The molecular weight excluding hydrogens is 253 g/mol. The molecule has 3 nitrogen and oxygen atoms in total. The molecule has 0 bridgehead atoms. The molecule has 0 aliphatic rings. The summed E-state index contributed by atoms with van der Waals surface area (Å²) in [5.41, 5.74) is 1.04. The quantitative estimate of drug-likeness (QED) is 0.777. The maximum atomic E-state index is 13.1. The Labute approximate surface area is 109 Å². The molecule has 0 spiro atoms. The fourth-order valence-corrected chi connectivity index (χ4v) is 1.74. The van der Waals surface area contributed by atoms with Crippen LogP contribution in [0.4, 0.5) is 15.9 Å². The van der Waals surface area contributed by atoms with Crippen LogP contribution in [0, 0.1) is 17.1 Å². The molecule has 0 radical (unpaired) electrons. The Hall–Kier alpha value is -2.12. The lowest BCUT2D eigenvalue weighted by atomic mass is 10.2. The van der Waals surface area contributed by atoms with Crippen molar-refractivity contribution < 1.29 is 4.39 Å². The Morgan fingerprint density at radius 1 is 1.33 bits per heavy atom. The molecule has 0 unspecified atom stereocenters. The molecular formula is C13H9ClFN3. The number of nitrogens with zero attached hydrogens (tertiary/aromatic N) is 3. The second-order valence-corrected chi connectivity index (χ2v) is 4.07. The standard InChI is InChI=1S/C13H9ClFN3/c1-18(11-4-2-3-10(15)7-11)13-6-9(8-16)5-12(14)17-13/h2-7H,1H3. The number of pyridine rings is 1. The van der Waals surface area contributed by atoms with Gasteiger partial charge >= 0.3 is 0 Å². The van der Waals surface area contributed by atoms with Crippen molar-refractivity contribution in [2.75, 3.05) is 11.9 Å². The van der Waals surface area contributed by atoms with E-state index in [1.54, 1.807) is 30.1 Å². The summed E-state index contributed by atoms with van der Waals surface area (Å²) < 4.78 is 13.1. The molecule has 0 amide bonds. The lowest BCUT2D eigenvalue weighted by Crippen LogP contribution is -2.11. The highest BCUT2D eigenvalue weighted by atomic mass is 35.5. The van der Waals surface area contributed by atoms with E-state index < -0.39 is 0 Å². The topological polar surface area (TPSA) is 39.9 Å². The van der Waals surface area contributed by atoms with Crippen LogP contribution < -0.4 is 4.90 Å². The fourth-order valence-electron chi connectivity index (χ4n) is 1.54. The zero-order valence-electron chi connectivity index (χ0n) is 9.56. The largest absolute Gasteiger partial charge is 0.329 e. The van der Waals surface area contributed by atoms with E-state index in [1.807, 2.05) is 6.07 Å². The van der Waals surface area contributed by atoms with Gasteiger partial charge in [0.15, 0.2) is 0 Å². The van der Waals surface area contributed by atoms with Crippen molar-refractivity contribution in [3.05, 3.63) is 52.9 Å². The van der Waals surface area contributed by atoms with E-state index in [4.69, 9.17) is 16.9 Å². The van der Waals surface area contributed by atoms with Gasteiger partial charge < -0.3 is 4.90 Å². The summed E-state index contributed by atoms with van der Waals surface area (Å²) in [6.07, 6.45) is 0. The molecule has 0 N–H and O–H groups in total. The number of rotatable bonds is 2. The third kappa shape index (κ3) is 2.58. The van der Waals surface area contributed by atoms with E-state index in [2.05, 4.69) is 4.98 Å². The summed E-state index contributed by atoms with van der Waals surface area (Å²) in [5.74, 6) is 0.159. The summed E-state index contributed by atoms with van der Waals surface area (Å²) in [6.45, 7) is 0. The van der Waals surface area contributed by atoms with Crippen LogP contribution in [0.5, 0.6) is 0 Å². The molecule has 2 aromatic rings. The van der Waals surface area contributed by atoms with Crippen molar-refractivity contribution in [1.82, 2.24) is 4.98 Å². The summed E-state index contributed by atoms with van der Waals surface area (Å²) in [7, 11) is 1.73. The third-order valence-corrected chi connectivity index (χ3v) is 2.64. The van der Waals surface area contributed by atoms with Crippen molar-refractivity contribution in [2.24, 2.45) is 0 Å². The van der Waals surface area contributed by atoms with Crippen LogP contribution in [0.2, 0.25) is 5.15 Å². The zero-order valence-corrected chi connectivity index (χ0v) is 10.3. The maximum Gasteiger partial charge on any atom is 0.135 e. The normalized spacial score (nSPS) is 9.89. The molecule has 1 heterocycles. The average molecular weight is 262 g/mol. The Bertz CT molecular complexity index is 622. The van der Waals surface area contributed by atoms with Gasteiger partial charge in [-0.15, -0.1) is 0 Å². The molecule has 1 aromatic carbocycles. The number of hydrogen-bond acceptors (Lipinski definition) is 3. The van der Waals surface area contributed by atoms with E-state index in [0.29, 0.717) is 17.1 Å². The minimum atomic E-state index is -0.332. The minimum absolute atomic E-state index is 0.229. The molecule has 0 saturated heterocycles. The second-order valence-electron chi connectivity index (χ2n) is 3.69. The van der Waals surface area contributed by atoms with Crippen molar-refractivity contribution in [2.45, 2.75) is 0 Å². The van der Waals surface area contributed by atoms with Gasteiger partial charge in [-0.2, -0.15) is 5.26 Å². The number of nitriles is 1. The van der Waals surface area contributed by atoms with E-state index in [-0.39, 0.29) is 11.0 Å². The molecule has 0 saturated carbocycles. The van der Waals surface area contributed by atoms with E-state index in [9.17, 15) is 4.39 Å². The first kappa shape index (κ1) is 12.3. The van der Waals surface area contributed by atoms with E-state index in [1.165, 1.54) is 18.2 Å². The highest BCUT2D eigenvalue weighted by Crippen LogP contribution is 2.24. The van der Waals surface area contributed by atoms with Gasteiger partial charge in [-0.25, -0.2) is 9.37 Å². The summed E-state index contributed by atoms with van der Waals surface area (Å²) in [5, 5.41) is 9.10. The van der Waals surface area contributed by atoms with Crippen molar-refractivity contribution >= 4 is 23.1 Å². The predicted molar refractivity (Wildman–Crippen MR) is 68.4 cm³/mol. The first-order chi connectivity index (χ1) is 8.60. The van der Waals surface area contributed by atoms with E-state index >= 15 is 0 Å². The van der Waals surface area contributed by atoms with Crippen LogP contribution in [0.1, 0.15) is 5.56 Å². The molecule has 1 aromatic heterocycles. The third-order valence-electron chi connectivity index (χ3n) is 2.45. The molecule has 0 atom stereocenters. The van der Waals surface area contributed by atoms with Crippen molar-refractivity contribution in [3.63, 3.8) is 0 Å². The second kappa shape index (κ2) is 5.03. The van der Waals surface area contributed by atoms with Crippen LogP contribution in [-0.2, 0) is 0 Å². The summed E-state index contributed by atoms with van der Waals surface area (Å²) in [4.78, 5) is 5.77. The van der Waals surface area contributed by atoms with Gasteiger partial charge in [0.1, 0.15) is 16.8 Å². The maximum absolute atomic E-state index is 13.1. The first-order valence-electron chi connectivity index (χ1n) is 5.17. The number of hydrogen-bond donors (Lipinski definition) is 0. The fraction of sp³-hybridized carbons (Fsp3) is 0.0769. The van der Waals surface area contributed by atoms with Crippen LogP contribution in [-0.4, -0.2) is 12.0 Å². The highest BCUT2D eigenvalue weighted by molar-refractivity contribution is 6.29. The van der Waals surface area contributed by atoms with Crippen molar-refractivity contribution in [3.8, 4) is 6.07 Å². The lowest BCUT2D eigenvalue weighted by molar-refractivity contribution is 0.628. The van der Waals surface area contributed by atoms with Gasteiger partial charge in [-0.05, 0) is 30.3 Å². The molecule has 90 valence electrons. The minimum Gasteiger partial charge on any atom is -0.329 e. The Morgan fingerprint density at radius 2 is 2.11 bits per heavy atom. The molecule has 5 heteroatoms.